The monoisotopic (exact) mass is 534 g/mol. The number of rotatable bonds is 9. The molecule has 4 rings (SSSR count). The van der Waals surface area contributed by atoms with Gasteiger partial charge in [-0.15, -0.1) is 0 Å². The summed E-state index contributed by atoms with van der Waals surface area (Å²) in [5.74, 6) is -2.92. The third-order valence-corrected chi connectivity index (χ3v) is 6.46. The van der Waals surface area contributed by atoms with Crippen LogP contribution in [0.15, 0.2) is 71.7 Å². The molecule has 1 fully saturated rings. The Morgan fingerprint density at radius 3 is 2.18 bits per heavy atom. The first kappa shape index (κ1) is 27.7. The van der Waals surface area contributed by atoms with Crippen molar-refractivity contribution in [3.8, 4) is 0 Å². The maximum Gasteiger partial charge on any atom is 0.337 e. The third kappa shape index (κ3) is 7.15. The van der Waals surface area contributed by atoms with E-state index in [0.29, 0.717) is 12.8 Å². The first-order valence-corrected chi connectivity index (χ1v) is 12.7. The minimum Gasteiger partial charge on any atom is -0.458 e. The lowest BCUT2D eigenvalue weighted by molar-refractivity contribution is -0.166. The van der Waals surface area contributed by atoms with Gasteiger partial charge in [0.1, 0.15) is 11.7 Å². The van der Waals surface area contributed by atoms with E-state index < -0.39 is 60.1 Å². The van der Waals surface area contributed by atoms with Crippen LogP contribution in [0.1, 0.15) is 63.8 Å². The molecule has 0 aliphatic heterocycles. The highest BCUT2D eigenvalue weighted by atomic mass is 16.6. The van der Waals surface area contributed by atoms with Gasteiger partial charge in [0.25, 0.3) is 17.4 Å². The maximum atomic E-state index is 13.0. The van der Waals surface area contributed by atoms with E-state index in [9.17, 15) is 29.4 Å². The van der Waals surface area contributed by atoms with E-state index in [1.54, 1.807) is 0 Å². The number of nitrogens with one attached hydrogen (secondary N) is 3. The lowest BCUT2D eigenvalue weighted by atomic mass is 9.95. The number of H-pyrrole nitrogens is 1. The molecule has 1 heterocycles. The summed E-state index contributed by atoms with van der Waals surface area (Å²) in [5, 5.41) is 25.1. The second-order valence-corrected chi connectivity index (χ2v) is 9.26. The van der Waals surface area contributed by atoms with E-state index in [1.165, 1.54) is 0 Å². The number of carbonyl (C=O) groups excluding carboxylic acids is 3. The molecule has 3 atom stereocenters. The summed E-state index contributed by atoms with van der Waals surface area (Å²) >= 11 is 0. The van der Waals surface area contributed by atoms with Crippen LogP contribution in [-0.2, 0) is 9.53 Å². The normalized spacial score (nSPS) is 17.7. The zero-order chi connectivity index (χ0) is 27.8. The van der Waals surface area contributed by atoms with Crippen molar-refractivity contribution in [3.05, 3.63) is 99.7 Å². The predicted molar refractivity (Wildman–Crippen MR) is 140 cm³/mol. The fraction of sp³-hybridized carbons (Fsp3) is 0.321. The van der Waals surface area contributed by atoms with E-state index in [1.807, 2.05) is 60.7 Å². The Hall–Kier alpha value is -4.35. The van der Waals surface area contributed by atoms with Crippen LogP contribution in [0.2, 0.25) is 0 Å². The van der Waals surface area contributed by atoms with Gasteiger partial charge in [-0.25, -0.2) is 9.78 Å². The predicted octanol–water partition coefficient (Wildman–Crippen LogP) is 1.23. The van der Waals surface area contributed by atoms with Crippen molar-refractivity contribution < 1.29 is 29.3 Å². The van der Waals surface area contributed by atoms with Gasteiger partial charge in [-0.2, -0.15) is 0 Å². The molecule has 2 aromatic carbocycles. The Balaban J connectivity index is 1.38. The van der Waals surface area contributed by atoms with Crippen molar-refractivity contribution in [2.45, 2.75) is 50.0 Å². The number of aromatic amines is 1. The summed E-state index contributed by atoms with van der Waals surface area (Å²) in [6.07, 6.45) is 0.472. The van der Waals surface area contributed by atoms with Crippen LogP contribution in [-0.4, -0.2) is 62.8 Å². The number of nitrogens with zero attached hydrogens (tertiary/aromatic N) is 1. The average molecular weight is 535 g/mol. The number of hydrogen-bond donors (Lipinski definition) is 5. The molecular weight excluding hydrogens is 504 g/mol. The molecule has 1 aliphatic rings. The van der Waals surface area contributed by atoms with Crippen LogP contribution in [0.5, 0.6) is 0 Å². The molecular formula is C28H30N4O7. The molecule has 5 N–H and O–H groups in total. The van der Waals surface area contributed by atoms with Crippen molar-refractivity contribution in [1.82, 2.24) is 20.6 Å². The number of carbonyl (C=O) groups is 3. The third-order valence-electron chi connectivity index (χ3n) is 6.46. The smallest absolute Gasteiger partial charge is 0.337 e. The number of ether oxygens (including phenoxy) is 1. The van der Waals surface area contributed by atoms with Crippen LogP contribution >= 0.6 is 0 Å². The van der Waals surface area contributed by atoms with Crippen molar-refractivity contribution in [1.29, 1.82) is 0 Å². The Kier molecular flexibility index (Phi) is 9.18. The van der Waals surface area contributed by atoms with Crippen LogP contribution in [0.25, 0.3) is 0 Å². The molecule has 39 heavy (non-hydrogen) atoms. The van der Waals surface area contributed by atoms with Gasteiger partial charge in [0.05, 0.1) is 18.7 Å². The number of aromatic nitrogens is 2. The number of aliphatic hydroxyl groups excluding tert-OH is 2. The molecule has 3 aromatic rings. The highest BCUT2D eigenvalue weighted by molar-refractivity contribution is 5.95. The van der Waals surface area contributed by atoms with Crippen LogP contribution < -0.4 is 16.2 Å². The second kappa shape index (κ2) is 12.9. The van der Waals surface area contributed by atoms with Gasteiger partial charge in [0.15, 0.2) is 11.9 Å². The number of hydrogen-bond acceptors (Lipinski definition) is 8. The van der Waals surface area contributed by atoms with Crippen molar-refractivity contribution in [3.63, 3.8) is 0 Å². The summed E-state index contributed by atoms with van der Waals surface area (Å²) in [7, 11) is 0. The standard InChI is InChI=1S/C28H30N4O7/c33-20-13-7-8-14-22(20)39-28(38)21(34)16-30-27(37)24-29-15-19(26(36)32-24)25(35)31-23(17-9-3-1-4-10-17)18-11-5-2-6-12-18/h1-6,9-12,15,20-23,33-34H,7-8,13-14,16H2,(H,30,37)(H,31,35)(H,29,32,36)/t20?,21-,22?/m1/s1. The number of aliphatic hydroxyl groups is 2. The molecule has 0 bridgehead atoms. The van der Waals surface area contributed by atoms with Crippen LogP contribution in [0.3, 0.4) is 0 Å². The summed E-state index contributed by atoms with van der Waals surface area (Å²) in [6.45, 7) is -0.498. The van der Waals surface area contributed by atoms with E-state index in [4.69, 9.17) is 4.74 Å². The Bertz CT molecular complexity index is 1310. The Morgan fingerprint density at radius 2 is 1.59 bits per heavy atom. The molecule has 2 unspecified atom stereocenters. The summed E-state index contributed by atoms with van der Waals surface area (Å²) in [5.41, 5.74) is 0.497. The van der Waals surface area contributed by atoms with Crippen LogP contribution in [0.4, 0.5) is 0 Å². The molecule has 11 nitrogen and oxygen atoms in total. The SMILES string of the molecule is O=C(NC[C@@H](O)C(=O)OC1CCCCC1O)c1ncc(C(=O)NC(c2ccccc2)c2ccccc2)c(=O)[nH]1. The lowest BCUT2D eigenvalue weighted by Crippen LogP contribution is -2.42. The fourth-order valence-corrected chi connectivity index (χ4v) is 4.33. The molecule has 1 aromatic heterocycles. The number of amides is 2. The number of benzene rings is 2. The van der Waals surface area contributed by atoms with Crippen LogP contribution in [0, 0.1) is 0 Å². The highest BCUT2D eigenvalue weighted by Gasteiger charge is 2.29. The number of esters is 1. The first-order chi connectivity index (χ1) is 18.8. The molecule has 2 amide bonds. The van der Waals surface area contributed by atoms with E-state index in [0.717, 1.165) is 30.2 Å². The molecule has 0 spiro atoms. The fourth-order valence-electron chi connectivity index (χ4n) is 4.33. The van der Waals surface area contributed by atoms with E-state index in [-0.39, 0.29) is 5.56 Å². The molecule has 0 saturated heterocycles. The van der Waals surface area contributed by atoms with Gasteiger partial charge in [0, 0.05) is 6.20 Å². The average Bonchev–Trinajstić information content (AvgIpc) is 2.96. The van der Waals surface area contributed by atoms with Gasteiger partial charge in [-0.1, -0.05) is 67.1 Å². The zero-order valence-electron chi connectivity index (χ0n) is 21.1. The van der Waals surface area contributed by atoms with Gasteiger partial charge in [-0.3, -0.25) is 14.4 Å². The summed E-state index contributed by atoms with van der Waals surface area (Å²) in [6, 6.07) is 18.0. The minimum atomic E-state index is -1.67. The van der Waals surface area contributed by atoms with Crippen molar-refractivity contribution >= 4 is 17.8 Å². The van der Waals surface area contributed by atoms with Gasteiger partial charge >= 0.3 is 5.97 Å². The summed E-state index contributed by atoms with van der Waals surface area (Å²) in [4.78, 5) is 56.4. The molecule has 1 aliphatic carbocycles. The minimum absolute atomic E-state index is 0.293. The lowest BCUT2D eigenvalue weighted by Gasteiger charge is -2.28. The Labute approximate surface area is 224 Å². The summed E-state index contributed by atoms with van der Waals surface area (Å²) < 4.78 is 5.15. The Morgan fingerprint density at radius 1 is 0.974 bits per heavy atom. The molecule has 204 valence electrons. The molecule has 1 saturated carbocycles. The van der Waals surface area contributed by atoms with E-state index in [2.05, 4.69) is 20.6 Å². The largest absolute Gasteiger partial charge is 0.458 e. The topological polar surface area (TPSA) is 171 Å². The second-order valence-electron chi connectivity index (χ2n) is 9.26. The molecule has 11 heteroatoms. The quantitative estimate of drug-likeness (QED) is 0.255. The van der Waals surface area contributed by atoms with Crippen molar-refractivity contribution in [2.75, 3.05) is 6.54 Å². The maximum absolute atomic E-state index is 13.0. The molecule has 0 radical (unpaired) electrons. The zero-order valence-corrected chi connectivity index (χ0v) is 21.1. The van der Waals surface area contributed by atoms with Crippen molar-refractivity contribution in [2.24, 2.45) is 0 Å². The van der Waals surface area contributed by atoms with Gasteiger partial charge in [0.2, 0.25) is 0 Å². The first-order valence-electron chi connectivity index (χ1n) is 12.7. The highest BCUT2D eigenvalue weighted by Crippen LogP contribution is 2.23. The van der Waals surface area contributed by atoms with Gasteiger partial charge < -0.3 is 30.6 Å². The van der Waals surface area contributed by atoms with E-state index >= 15 is 0 Å². The van der Waals surface area contributed by atoms with Gasteiger partial charge in [-0.05, 0) is 30.4 Å².